The van der Waals surface area contributed by atoms with Crippen LogP contribution >= 0.6 is 11.6 Å². The van der Waals surface area contributed by atoms with Gasteiger partial charge in [-0.15, -0.1) is 0 Å². The molecule has 3 aromatic rings. The lowest BCUT2D eigenvalue weighted by Gasteiger charge is -2.43. The maximum absolute atomic E-state index is 6.29. The van der Waals surface area contributed by atoms with Crippen molar-refractivity contribution >= 4 is 17.3 Å². The third kappa shape index (κ3) is 3.80. The number of fused-ring (bicyclic) bond motifs is 1. The Morgan fingerprint density at radius 1 is 1.00 bits per heavy atom. The molecule has 2 atom stereocenters. The molecule has 1 aliphatic heterocycles. The van der Waals surface area contributed by atoms with Crippen molar-refractivity contribution in [2.45, 2.75) is 25.0 Å². The van der Waals surface area contributed by atoms with Crippen LogP contribution in [0.2, 0.25) is 5.02 Å². The molecule has 1 heterocycles. The zero-order valence-electron chi connectivity index (χ0n) is 15.5. The average Bonchev–Trinajstić information content (AvgIpc) is 2.69. The molecule has 2 N–H and O–H groups in total. The van der Waals surface area contributed by atoms with Crippen LogP contribution in [0.5, 0.6) is 5.75 Å². The molecule has 0 spiro atoms. The van der Waals surface area contributed by atoms with E-state index in [0.717, 1.165) is 22.9 Å². The van der Waals surface area contributed by atoms with E-state index in [-0.39, 0.29) is 11.7 Å². The topological polar surface area (TPSA) is 33.3 Å². The lowest BCUT2D eigenvalue weighted by atomic mass is 9.89. The van der Waals surface area contributed by atoms with Crippen molar-refractivity contribution in [3.05, 3.63) is 94.5 Å². The first-order valence-corrected chi connectivity index (χ1v) is 9.47. The number of nitrogens with one attached hydrogen (secondary N) is 2. The van der Waals surface area contributed by atoms with Gasteiger partial charge in [0.15, 0.2) is 0 Å². The molecule has 0 unspecified atom stereocenters. The fraction of sp³-hybridized carbons (Fsp3) is 0.217. The predicted octanol–water partition coefficient (Wildman–Crippen LogP) is 5.41. The van der Waals surface area contributed by atoms with E-state index in [1.54, 1.807) is 7.11 Å². The molecule has 1 aliphatic rings. The van der Waals surface area contributed by atoms with Gasteiger partial charge in [-0.2, -0.15) is 0 Å². The molecule has 3 aromatic carbocycles. The highest BCUT2D eigenvalue weighted by atomic mass is 35.5. The summed E-state index contributed by atoms with van der Waals surface area (Å²) in [5.41, 5.74) is 4.45. The predicted molar refractivity (Wildman–Crippen MR) is 112 cm³/mol. The molecule has 0 radical (unpaired) electrons. The number of hydrogen-bond donors (Lipinski definition) is 2. The van der Waals surface area contributed by atoms with Crippen molar-refractivity contribution < 1.29 is 4.74 Å². The molecule has 0 saturated carbocycles. The highest BCUT2D eigenvalue weighted by molar-refractivity contribution is 6.30. The molecule has 0 bridgehead atoms. The molecule has 138 valence electrons. The van der Waals surface area contributed by atoms with E-state index in [0.29, 0.717) is 0 Å². The average molecular weight is 379 g/mol. The molecule has 27 heavy (non-hydrogen) atoms. The van der Waals surface area contributed by atoms with Crippen molar-refractivity contribution in [1.82, 2.24) is 5.32 Å². The van der Waals surface area contributed by atoms with E-state index in [2.05, 4.69) is 60.0 Å². The van der Waals surface area contributed by atoms with Crippen LogP contribution in [-0.2, 0) is 6.42 Å². The van der Waals surface area contributed by atoms with Gasteiger partial charge >= 0.3 is 0 Å². The molecule has 0 amide bonds. The van der Waals surface area contributed by atoms with Gasteiger partial charge in [-0.3, -0.25) is 5.32 Å². The quantitative estimate of drug-likeness (QED) is 0.636. The Labute approximate surface area is 165 Å². The van der Waals surface area contributed by atoms with Crippen molar-refractivity contribution in [1.29, 1.82) is 0 Å². The van der Waals surface area contributed by atoms with Gasteiger partial charge in [-0.1, -0.05) is 54.1 Å². The Balaban J connectivity index is 1.69. The summed E-state index contributed by atoms with van der Waals surface area (Å²) in [6, 6.07) is 24.9. The minimum atomic E-state index is -0.296. The Kier molecular flexibility index (Phi) is 4.81. The first-order valence-electron chi connectivity index (χ1n) is 9.09. The molecule has 0 saturated heterocycles. The van der Waals surface area contributed by atoms with Crippen molar-refractivity contribution in [2.24, 2.45) is 0 Å². The monoisotopic (exact) mass is 378 g/mol. The van der Waals surface area contributed by atoms with Crippen LogP contribution in [0.25, 0.3) is 0 Å². The van der Waals surface area contributed by atoms with Crippen molar-refractivity contribution in [2.75, 3.05) is 12.4 Å². The summed E-state index contributed by atoms with van der Waals surface area (Å²) in [5, 5.41) is 8.23. The largest absolute Gasteiger partial charge is 0.497 e. The van der Waals surface area contributed by atoms with Crippen LogP contribution in [0.15, 0.2) is 72.8 Å². The molecule has 0 aromatic heterocycles. The van der Waals surface area contributed by atoms with Crippen LogP contribution in [-0.4, -0.2) is 12.8 Å². The molecule has 4 heteroatoms. The number of benzene rings is 3. The van der Waals surface area contributed by atoms with Gasteiger partial charge in [-0.25, -0.2) is 0 Å². The summed E-state index contributed by atoms with van der Waals surface area (Å²) in [6.07, 6.45) is 0.836. The summed E-state index contributed by atoms with van der Waals surface area (Å²) in [5.74, 6) is 0.871. The Morgan fingerprint density at radius 2 is 1.74 bits per heavy atom. The lowest BCUT2D eigenvalue weighted by Crippen LogP contribution is -2.55. The smallest absolute Gasteiger partial charge is 0.118 e. The van der Waals surface area contributed by atoms with Crippen molar-refractivity contribution in [3.63, 3.8) is 0 Å². The van der Waals surface area contributed by atoms with Crippen LogP contribution in [0.1, 0.15) is 29.7 Å². The summed E-state index contributed by atoms with van der Waals surface area (Å²) in [6.45, 7) is 2.20. The maximum Gasteiger partial charge on any atom is 0.118 e. The Bertz CT molecular complexity index is 927. The zero-order chi connectivity index (χ0) is 18.9. The van der Waals surface area contributed by atoms with Gasteiger partial charge in [-0.05, 0) is 53.9 Å². The van der Waals surface area contributed by atoms with E-state index in [4.69, 9.17) is 16.3 Å². The molecule has 3 nitrogen and oxygen atoms in total. The van der Waals surface area contributed by atoms with Gasteiger partial charge in [0.05, 0.1) is 18.8 Å². The fourth-order valence-electron chi connectivity index (χ4n) is 3.77. The fourth-order valence-corrected chi connectivity index (χ4v) is 3.95. The van der Waals surface area contributed by atoms with Crippen LogP contribution in [0, 0.1) is 0 Å². The molecular weight excluding hydrogens is 356 g/mol. The van der Waals surface area contributed by atoms with Gasteiger partial charge in [0, 0.05) is 17.1 Å². The first-order chi connectivity index (χ1) is 13.1. The highest BCUT2D eigenvalue weighted by Gasteiger charge is 2.35. The summed E-state index contributed by atoms with van der Waals surface area (Å²) in [4.78, 5) is 0. The molecule has 0 aliphatic carbocycles. The molecular formula is C23H23ClN2O. The van der Waals surface area contributed by atoms with E-state index in [1.807, 2.05) is 30.3 Å². The first kappa shape index (κ1) is 17.9. The maximum atomic E-state index is 6.29. The number of anilines is 1. The SMILES string of the molecule is COc1ccc(C[C@@]2(C)Nc3ccc(Cl)cc3[C@@H](c3ccccc3)N2)cc1. The second kappa shape index (κ2) is 7.26. The minimum Gasteiger partial charge on any atom is -0.497 e. The zero-order valence-corrected chi connectivity index (χ0v) is 16.3. The number of halogens is 1. The van der Waals surface area contributed by atoms with Crippen LogP contribution in [0.4, 0.5) is 5.69 Å². The number of rotatable bonds is 4. The normalized spacial score (nSPS) is 21.2. The standard InChI is InChI=1S/C23H23ClN2O/c1-23(15-16-8-11-19(27-2)12-9-16)25-21-13-10-18(24)14-20(21)22(26-23)17-6-4-3-5-7-17/h3-14,22,25-26H,15H2,1-2H3/t22-,23+/m1/s1. The van der Waals surface area contributed by atoms with Gasteiger partial charge in [0.25, 0.3) is 0 Å². The third-order valence-electron chi connectivity index (χ3n) is 5.05. The summed E-state index contributed by atoms with van der Waals surface area (Å²) in [7, 11) is 1.69. The lowest BCUT2D eigenvalue weighted by molar-refractivity contribution is 0.354. The van der Waals surface area contributed by atoms with E-state index in [1.165, 1.54) is 16.7 Å². The minimum absolute atomic E-state index is 0.0735. The number of methoxy groups -OCH3 is 1. The van der Waals surface area contributed by atoms with Crippen molar-refractivity contribution in [3.8, 4) is 5.75 Å². The molecule has 4 rings (SSSR count). The Morgan fingerprint density at radius 3 is 2.44 bits per heavy atom. The van der Waals surface area contributed by atoms with Gasteiger partial charge in [0.2, 0.25) is 0 Å². The van der Waals surface area contributed by atoms with Crippen LogP contribution in [0.3, 0.4) is 0 Å². The Hall–Kier alpha value is -2.49. The third-order valence-corrected chi connectivity index (χ3v) is 5.28. The summed E-state index contributed by atoms with van der Waals surface area (Å²) < 4.78 is 5.27. The van der Waals surface area contributed by atoms with E-state index in [9.17, 15) is 0 Å². The second-order valence-electron chi connectivity index (χ2n) is 7.20. The number of hydrogen-bond acceptors (Lipinski definition) is 3. The number of ether oxygens (including phenoxy) is 1. The van der Waals surface area contributed by atoms with Gasteiger partial charge in [0.1, 0.15) is 5.75 Å². The summed E-state index contributed by atoms with van der Waals surface area (Å²) >= 11 is 6.29. The van der Waals surface area contributed by atoms with Crippen LogP contribution < -0.4 is 15.4 Å². The van der Waals surface area contributed by atoms with E-state index < -0.39 is 0 Å². The molecule has 0 fully saturated rings. The van der Waals surface area contributed by atoms with Gasteiger partial charge < -0.3 is 10.1 Å². The second-order valence-corrected chi connectivity index (χ2v) is 7.64. The highest BCUT2D eigenvalue weighted by Crippen LogP contribution is 2.38. The van der Waals surface area contributed by atoms with E-state index >= 15 is 0 Å².